The van der Waals surface area contributed by atoms with Crippen molar-refractivity contribution in [1.82, 2.24) is 0 Å². The van der Waals surface area contributed by atoms with Crippen LogP contribution >= 0.6 is 11.6 Å². The van der Waals surface area contributed by atoms with Crippen LogP contribution in [-0.2, 0) is 19.1 Å². The summed E-state index contributed by atoms with van der Waals surface area (Å²) in [4.78, 5) is 40.0. The molecule has 1 fully saturated rings. The number of anilines is 2. The first-order valence-electron chi connectivity index (χ1n) is 9.17. The number of esters is 1. The Morgan fingerprint density at radius 3 is 2.28 bits per heavy atom. The number of rotatable bonds is 4. The van der Waals surface area contributed by atoms with Crippen molar-refractivity contribution in [3.05, 3.63) is 59.1 Å². The average Bonchev–Trinajstić information content (AvgIpc) is 3.21. The summed E-state index contributed by atoms with van der Waals surface area (Å²) in [6.07, 6.45) is 0. The molecule has 2 aliphatic rings. The van der Waals surface area contributed by atoms with Crippen molar-refractivity contribution in [2.45, 2.75) is 19.9 Å². The van der Waals surface area contributed by atoms with E-state index in [2.05, 4.69) is 5.10 Å². The highest BCUT2D eigenvalue weighted by atomic mass is 35.5. The van der Waals surface area contributed by atoms with Gasteiger partial charge >= 0.3 is 5.97 Å². The number of nitrogens with zero attached hydrogens (tertiary/aromatic N) is 3. The predicted octanol–water partition coefficient (Wildman–Crippen LogP) is 2.95. The molecule has 2 heterocycles. The summed E-state index contributed by atoms with van der Waals surface area (Å²) in [6, 6.07) is 12.8. The SMILES string of the molecule is CCOC(=O)C1=NN(c2ccc(C)cc2)[C@H]2C(=O)N(c3ccc(Cl)cc3)C(=O)[C@@H]12. The molecule has 0 saturated carbocycles. The summed E-state index contributed by atoms with van der Waals surface area (Å²) in [7, 11) is 0. The fraction of sp³-hybridized carbons (Fsp3) is 0.238. The van der Waals surface area contributed by atoms with Crippen LogP contribution in [0.5, 0.6) is 0 Å². The fourth-order valence-corrected chi connectivity index (χ4v) is 3.67. The molecular formula is C21H18ClN3O4. The number of hydrazone groups is 1. The number of carbonyl (C=O) groups is 3. The van der Waals surface area contributed by atoms with Gasteiger partial charge in [0, 0.05) is 5.02 Å². The quantitative estimate of drug-likeness (QED) is 0.571. The smallest absolute Gasteiger partial charge is 0.355 e. The maximum absolute atomic E-state index is 13.3. The number of imide groups is 1. The minimum Gasteiger partial charge on any atom is -0.461 e. The lowest BCUT2D eigenvalue weighted by Gasteiger charge is -2.22. The number of halogens is 1. The minimum atomic E-state index is -1.03. The van der Waals surface area contributed by atoms with Gasteiger partial charge in [-0.25, -0.2) is 9.69 Å². The van der Waals surface area contributed by atoms with E-state index in [0.717, 1.165) is 10.5 Å². The zero-order valence-electron chi connectivity index (χ0n) is 15.8. The highest BCUT2D eigenvalue weighted by molar-refractivity contribution is 6.47. The Balaban J connectivity index is 1.78. The van der Waals surface area contributed by atoms with Gasteiger partial charge in [-0.3, -0.25) is 14.6 Å². The van der Waals surface area contributed by atoms with E-state index >= 15 is 0 Å². The molecule has 0 spiro atoms. The number of hydrogen-bond acceptors (Lipinski definition) is 6. The largest absolute Gasteiger partial charge is 0.461 e. The van der Waals surface area contributed by atoms with Crippen LogP contribution in [0.3, 0.4) is 0 Å². The molecule has 2 atom stereocenters. The summed E-state index contributed by atoms with van der Waals surface area (Å²) in [5, 5.41) is 6.25. The molecule has 2 aromatic carbocycles. The Kier molecular flexibility index (Phi) is 4.84. The molecule has 148 valence electrons. The van der Waals surface area contributed by atoms with Crippen LogP contribution in [0.15, 0.2) is 53.6 Å². The third-order valence-corrected chi connectivity index (χ3v) is 5.17. The zero-order chi connectivity index (χ0) is 20.7. The molecule has 0 aromatic heterocycles. The van der Waals surface area contributed by atoms with Crippen molar-refractivity contribution in [2.24, 2.45) is 11.0 Å². The van der Waals surface area contributed by atoms with E-state index in [-0.39, 0.29) is 12.3 Å². The minimum absolute atomic E-state index is 0.0627. The molecule has 0 unspecified atom stereocenters. The number of amides is 2. The lowest BCUT2D eigenvalue weighted by Crippen LogP contribution is -2.39. The number of ether oxygens (including phenoxy) is 1. The van der Waals surface area contributed by atoms with Crippen molar-refractivity contribution in [3.63, 3.8) is 0 Å². The van der Waals surface area contributed by atoms with Crippen molar-refractivity contribution < 1.29 is 19.1 Å². The fourth-order valence-electron chi connectivity index (χ4n) is 3.54. The Morgan fingerprint density at radius 1 is 1.03 bits per heavy atom. The summed E-state index contributed by atoms with van der Waals surface area (Å²) in [5.74, 6) is -2.69. The molecule has 2 aliphatic heterocycles. The number of fused-ring (bicyclic) bond motifs is 1. The summed E-state index contributed by atoms with van der Waals surface area (Å²) in [5.41, 5.74) is 1.98. The van der Waals surface area contributed by atoms with Gasteiger partial charge in [0.2, 0.25) is 5.91 Å². The van der Waals surface area contributed by atoms with Crippen molar-refractivity contribution in [3.8, 4) is 0 Å². The zero-order valence-corrected chi connectivity index (χ0v) is 16.6. The highest BCUT2D eigenvalue weighted by Crippen LogP contribution is 2.38. The normalized spacial score (nSPS) is 20.7. The van der Waals surface area contributed by atoms with Gasteiger partial charge < -0.3 is 4.74 Å². The van der Waals surface area contributed by atoms with Crippen LogP contribution in [0.4, 0.5) is 11.4 Å². The second-order valence-electron chi connectivity index (χ2n) is 6.80. The average molecular weight is 412 g/mol. The van der Waals surface area contributed by atoms with E-state index in [1.54, 1.807) is 43.3 Å². The Hall–Kier alpha value is -3.19. The first kappa shape index (κ1) is 19.1. The van der Waals surface area contributed by atoms with Crippen LogP contribution < -0.4 is 9.91 Å². The second-order valence-corrected chi connectivity index (χ2v) is 7.23. The lowest BCUT2D eigenvalue weighted by molar-refractivity contribution is -0.136. The molecule has 29 heavy (non-hydrogen) atoms. The van der Waals surface area contributed by atoms with Gasteiger partial charge in [-0.1, -0.05) is 29.3 Å². The van der Waals surface area contributed by atoms with Crippen LogP contribution in [0, 0.1) is 12.8 Å². The summed E-state index contributed by atoms with van der Waals surface area (Å²) in [6.45, 7) is 3.75. The van der Waals surface area contributed by atoms with Crippen molar-refractivity contribution in [1.29, 1.82) is 0 Å². The molecule has 0 aliphatic carbocycles. The van der Waals surface area contributed by atoms with Gasteiger partial charge in [0.1, 0.15) is 12.0 Å². The second kappa shape index (κ2) is 7.33. The van der Waals surface area contributed by atoms with Gasteiger partial charge in [0.25, 0.3) is 5.91 Å². The molecule has 2 aromatic rings. The Bertz CT molecular complexity index is 1020. The first-order chi connectivity index (χ1) is 13.9. The van der Waals surface area contributed by atoms with E-state index in [4.69, 9.17) is 16.3 Å². The number of hydrogen-bond donors (Lipinski definition) is 0. The molecule has 7 nitrogen and oxygen atoms in total. The lowest BCUT2D eigenvalue weighted by atomic mass is 9.97. The Labute approximate surface area is 172 Å². The van der Waals surface area contributed by atoms with Crippen LogP contribution in [-0.4, -0.2) is 36.1 Å². The topological polar surface area (TPSA) is 79.3 Å². The molecule has 1 saturated heterocycles. The predicted molar refractivity (Wildman–Crippen MR) is 109 cm³/mol. The van der Waals surface area contributed by atoms with Crippen LogP contribution in [0.25, 0.3) is 0 Å². The molecule has 0 bridgehead atoms. The standard InChI is InChI=1S/C21H18ClN3O4/c1-3-29-21(28)17-16-18(25(23-17)15-8-4-12(2)5-9-15)20(27)24(19(16)26)14-10-6-13(22)7-11-14/h4-11,16,18H,3H2,1-2H3/t16-,18+/m0/s1. The maximum atomic E-state index is 13.3. The van der Waals surface area contributed by atoms with Crippen molar-refractivity contribution in [2.75, 3.05) is 16.5 Å². The molecule has 8 heteroatoms. The van der Waals surface area contributed by atoms with Gasteiger partial charge in [0.15, 0.2) is 5.71 Å². The maximum Gasteiger partial charge on any atom is 0.355 e. The van der Waals surface area contributed by atoms with E-state index in [1.807, 2.05) is 19.1 Å². The van der Waals surface area contributed by atoms with Crippen LogP contribution in [0.2, 0.25) is 5.02 Å². The van der Waals surface area contributed by atoms with Crippen LogP contribution in [0.1, 0.15) is 12.5 Å². The summed E-state index contributed by atoms with van der Waals surface area (Å²) >= 11 is 5.93. The molecule has 0 N–H and O–H groups in total. The van der Waals surface area contributed by atoms with Gasteiger partial charge in [0.05, 0.1) is 18.0 Å². The Morgan fingerprint density at radius 2 is 1.66 bits per heavy atom. The summed E-state index contributed by atoms with van der Waals surface area (Å²) < 4.78 is 5.08. The van der Waals surface area contributed by atoms with Crippen molar-refractivity contribution >= 4 is 46.5 Å². The van der Waals surface area contributed by atoms with E-state index in [1.165, 1.54) is 5.01 Å². The number of carbonyl (C=O) groups excluding carboxylic acids is 3. The highest BCUT2D eigenvalue weighted by Gasteiger charge is 2.59. The van der Waals surface area contributed by atoms with Gasteiger partial charge in [-0.15, -0.1) is 0 Å². The third-order valence-electron chi connectivity index (χ3n) is 4.92. The monoisotopic (exact) mass is 411 g/mol. The number of aryl methyl sites for hydroxylation is 1. The van der Waals surface area contributed by atoms with Gasteiger partial charge in [-0.2, -0.15) is 5.10 Å². The third kappa shape index (κ3) is 3.17. The van der Waals surface area contributed by atoms with Gasteiger partial charge in [-0.05, 0) is 50.2 Å². The molecule has 0 radical (unpaired) electrons. The molecular weight excluding hydrogens is 394 g/mol. The molecule has 4 rings (SSSR count). The first-order valence-corrected chi connectivity index (χ1v) is 9.55. The van der Waals surface area contributed by atoms with E-state index in [0.29, 0.717) is 16.4 Å². The number of benzene rings is 2. The van der Waals surface area contributed by atoms with E-state index in [9.17, 15) is 14.4 Å². The molecule has 2 amide bonds. The van der Waals surface area contributed by atoms with E-state index < -0.39 is 29.7 Å².